The fourth-order valence-corrected chi connectivity index (χ4v) is 1.80. The molecule has 0 saturated heterocycles. The van der Waals surface area contributed by atoms with Gasteiger partial charge in [-0.25, -0.2) is 9.97 Å². The van der Waals surface area contributed by atoms with Crippen LogP contribution in [0.25, 0.3) is 0 Å². The summed E-state index contributed by atoms with van der Waals surface area (Å²) in [6.07, 6.45) is 0.791. The zero-order valence-corrected chi connectivity index (χ0v) is 12.3. The molecule has 4 nitrogen and oxygen atoms in total. The van der Waals surface area contributed by atoms with E-state index in [0.717, 1.165) is 15.7 Å². The predicted octanol–water partition coefficient (Wildman–Crippen LogP) is 2.57. The van der Waals surface area contributed by atoms with Crippen LogP contribution in [0.15, 0.2) is 0 Å². The lowest BCUT2D eigenvalue weighted by Crippen LogP contribution is -2.12. The Balaban J connectivity index is 3.11. The van der Waals surface area contributed by atoms with Gasteiger partial charge in [-0.3, -0.25) is 0 Å². The summed E-state index contributed by atoms with van der Waals surface area (Å²) in [6, 6.07) is 0. The molecule has 90 valence electrons. The highest BCUT2D eigenvalue weighted by atomic mass is 127. The molecule has 1 heterocycles. The van der Waals surface area contributed by atoms with Crippen molar-refractivity contribution in [2.45, 2.75) is 33.3 Å². The Morgan fingerprint density at radius 3 is 2.44 bits per heavy atom. The van der Waals surface area contributed by atoms with Crippen LogP contribution in [0.3, 0.4) is 0 Å². The molecule has 1 rings (SSSR count). The first-order valence-corrected chi connectivity index (χ1v) is 6.38. The van der Waals surface area contributed by atoms with Crippen LogP contribution in [0.1, 0.15) is 38.4 Å². The zero-order chi connectivity index (χ0) is 12.3. The van der Waals surface area contributed by atoms with Gasteiger partial charge in [0.2, 0.25) is 0 Å². The first-order chi connectivity index (χ1) is 7.45. The van der Waals surface area contributed by atoms with Crippen LogP contribution in [0.4, 0.5) is 5.82 Å². The third-order valence-electron chi connectivity index (χ3n) is 2.28. The molecule has 16 heavy (non-hydrogen) atoms. The summed E-state index contributed by atoms with van der Waals surface area (Å²) in [5, 5.41) is 0. The number of halogens is 1. The monoisotopic (exact) mass is 335 g/mol. The molecule has 0 bridgehead atoms. The molecule has 0 aliphatic rings. The van der Waals surface area contributed by atoms with Gasteiger partial charge < -0.3 is 10.5 Å². The molecular formula is C11H18IN3O. The molecule has 1 atom stereocenters. The van der Waals surface area contributed by atoms with E-state index >= 15 is 0 Å². The van der Waals surface area contributed by atoms with E-state index in [1.807, 2.05) is 6.92 Å². The van der Waals surface area contributed by atoms with Gasteiger partial charge >= 0.3 is 0 Å². The Bertz CT molecular complexity index is 368. The minimum absolute atomic E-state index is 0.120. The number of nitrogen functional groups attached to an aromatic ring is 1. The molecule has 5 heteroatoms. The highest BCUT2D eigenvalue weighted by molar-refractivity contribution is 14.1. The molecule has 1 aromatic heterocycles. The SMILES string of the molecule is COC(C)c1nc(N)c(I)c(CC(C)C)n1. The Labute approximate surface area is 110 Å². The smallest absolute Gasteiger partial charge is 0.159 e. The molecule has 0 aliphatic heterocycles. The van der Waals surface area contributed by atoms with Crippen molar-refractivity contribution < 1.29 is 4.74 Å². The molecule has 1 unspecified atom stereocenters. The number of nitrogens with zero attached hydrogens (tertiary/aromatic N) is 2. The highest BCUT2D eigenvalue weighted by Crippen LogP contribution is 2.22. The van der Waals surface area contributed by atoms with E-state index in [9.17, 15) is 0 Å². The number of ether oxygens (including phenoxy) is 1. The number of nitrogens with two attached hydrogens (primary N) is 1. The van der Waals surface area contributed by atoms with Gasteiger partial charge in [0.1, 0.15) is 11.9 Å². The molecule has 1 aromatic rings. The Hall–Kier alpha value is -0.430. The van der Waals surface area contributed by atoms with Crippen LogP contribution in [0.2, 0.25) is 0 Å². The quantitative estimate of drug-likeness (QED) is 0.859. The lowest BCUT2D eigenvalue weighted by Gasteiger charge is -2.13. The van der Waals surface area contributed by atoms with E-state index in [-0.39, 0.29) is 6.10 Å². The van der Waals surface area contributed by atoms with E-state index in [4.69, 9.17) is 10.5 Å². The van der Waals surface area contributed by atoms with Gasteiger partial charge in [-0.2, -0.15) is 0 Å². The van der Waals surface area contributed by atoms with Crippen LogP contribution < -0.4 is 5.73 Å². The maximum absolute atomic E-state index is 5.88. The minimum Gasteiger partial charge on any atom is -0.383 e. The molecule has 0 fully saturated rings. The van der Waals surface area contributed by atoms with Gasteiger partial charge in [0.15, 0.2) is 5.82 Å². The van der Waals surface area contributed by atoms with Crippen molar-refractivity contribution in [1.82, 2.24) is 9.97 Å². The van der Waals surface area contributed by atoms with Crippen molar-refractivity contribution in [3.63, 3.8) is 0 Å². The number of hydrogen-bond acceptors (Lipinski definition) is 4. The maximum Gasteiger partial charge on any atom is 0.159 e. The largest absolute Gasteiger partial charge is 0.383 e. The van der Waals surface area contributed by atoms with Gasteiger partial charge in [0.25, 0.3) is 0 Å². The fourth-order valence-electron chi connectivity index (χ4n) is 1.34. The number of hydrogen-bond donors (Lipinski definition) is 1. The lowest BCUT2D eigenvalue weighted by molar-refractivity contribution is 0.112. The zero-order valence-electron chi connectivity index (χ0n) is 10.1. The second-order valence-electron chi connectivity index (χ2n) is 4.20. The molecule has 0 aliphatic carbocycles. The van der Waals surface area contributed by atoms with Crippen LogP contribution >= 0.6 is 22.6 Å². The van der Waals surface area contributed by atoms with Gasteiger partial charge in [-0.15, -0.1) is 0 Å². The van der Waals surface area contributed by atoms with Crippen LogP contribution in [-0.2, 0) is 11.2 Å². The third kappa shape index (κ3) is 3.28. The summed E-state index contributed by atoms with van der Waals surface area (Å²) in [4.78, 5) is 8.77. The average molecular weight is 335 g/mol. The summed E-state index contributed by atoms with van der Waals surface area (Å²) in [5.74, 6) is 1.76. The van der Waals surface area contributed by atoms with Gasteiger partial charge in [0.05, 0.1) is 9.26 Å². The summed E-state index contributed by atoms with van der Waals surface area (Å²) in [6.45, 7) is 6.24. The number of rotatable bonds is 4. The molecule has 0 aromatic carbocycles. The summed E-state index contributed by atoms with van der Waals surface area (Å²) < 4.78 is 6.16. The average Bonchev–Trinajstić information content (AvgIpc) is 2.22. The number of anilines is 1. The first kappa shape index (κ1) is 13.6. The molecular weight excluding hydrogens is 317 g/mol. The maximum atomic E-state index is 5.88. The predicted molar refractivity (Wildman–Crippen MR) is 73.1 cm³/mol. The van der Waals surface area contributed by atoms with Gasteiger partial charge in [0, 0.05) is 7.11 Å². The Morgan fingerprint density at radius 1 is 1.31 bits per heavy atom. The molecule has 0 amide bonds. The Kier molecular flexibility index (Phi) is 4.91. The topological polar surface area (TPSA) is 61.0 Å². The summed E-state index contributed by atoms with van der Waals surface area (Å²) >= 11 is 2.20. The minimum atomic E-state index is -0.120. The van der Waals surface area contributed by atoms with E-state index in [0.29, 0.717) is 17.6 Å². The van der Waals surface area contributed by atoms with Crippen molar-refractivity contribution in [3.05, 3.63) is 15.1 Å². The van der Waals surface area contributed by atoms with E-state index in [2.05, 4.69) is 46.4 Å². The van der Waals surface area contributed by atoms with Crippen molar-refractivity contribution in [2.75, 3.05) is 12.8 Å². The van der Waals surface area contributed by atoms with Crippen LogP contribution in [0, 0.1) is 9.49 Å². The second kappa shape index (κ2) is 5.77. The van der Waals surface area contributed by atoms with E-state index < -0.39 is 0 Å². The number of aromatic nitrogens is 2. The summed E-state index contributed by atoms with van der Waals surface area (Å²) in [7, 11) is 1.64. The normalized spacial score (nSPS) is 13.1. The van der Waals surface area contributed by atoms with Crippen molar-refractivity contribution in [3.8, 4) is 0 Å². The van der Waals surface area contributed by atoms with Crippen LogP contribution in [-0.4, -0.2) is 17.1 Å². The van der Waals surface area contributed by atoms with Crippen molar-refractivity contribution >= 4 is 28.4 Å². The second-order valence-corrected chi connectivity index (χ2v) is 5.28. The standard InChI is InChI=1S/C11H18IN3O/c1-6(2)5-8-9(12)10(13)15-11(14-8)7(3)16-4/h6-7H,5H2,1-4H3,(H2,13,14,15). The summed E-state index contributed by atoms with van der Waals surface area (Å²) in [5.41, 5.74) is 6.89. The molecule has 0 radical (unpaired) electrons. The van der Waals surface area contributed by atoms with Crippen molar-refractivity contribution in [2.24, 2.45) is 5.92 Å². The fraction of sp³-hybridized carbons (Fsp3) is 0.636. The Morgan fingerprint density at radius 2 is 1.94 bits per heavy atom. The first-order valence-electron chi connectivity index (χ1n) is 5.30. The van der Waals surface area contributed by atoms with E-state index in [1.165, 1.54) is 0 Å². The molecule has 2 N–H and O–H groups in total. The number of methoxy groups -OCH3 is 1. The van der Waals surface area contributed by atoms with Gasteiger partial charge in [-0.1, -0.05) is 13.8 Å². The molecule has 0 spiro atoms. The van der Waals surface area contributed by atoms with Gasteiger partial charge in [-0.05, 0) is 41.9 Å². The van der Waals surface area contributed by atoms with Crippen molar-refractivity contribution in [1.29, 1.82) is 0 Å². The third-order valence-corrected chi connectivity index (χ3v) is 3.46. The van der Waals surface area contributed by atoms with E-state index in [1.54, 1.807) is 7.11 Å². The molecule has 0 saturated carbocycles. The lowest BCUT2D eigenvalue weighted by atomic mass is 10.1. The highest BCUT2D eigenvalue weighted by Gasteiger charge is 2.15. The van der Waals surface area contributed by atoms with Crippen LogP contribution in [0.5, 0.6) is 0 Å².